The lowest BCUT2D eigenvalue weighted by atomic mass is 9.91. The molecule has 0 spiro atoms. The summed E-state index contributed by atoms with van der Waals surface area (Å²) in [5.41, 5.74) is -0.551. The van der Waals surface area contributed by atoms with Gasteiger partial charge in [0.2, 0.25) is 5.54 Å². The summed E-state index contributed by atoms with van der Waals surface area (Å²) < 4.78 is 0.456. The highest BCUT2D eigenvalue weighted by molar-refractivity contribution is 5.81. The number of likely N-dealkylation sites (N-methyl/N-ethyl adjacent to an activating group) is 1. The van der Waals surface area contributed by atoms with Crippen LogP contribution in [0.25, 0.3) is 0 Å². The number of amides is 1. The number of carboxylic acids is 1. The van der Waals surface area contributed by atoms with Crippen LogP contribution in [0.15, 0.2) is 12.5 Å². The van der Waals surface area contributed by atoms with E-state index < -0.39 is 11.5 Å². The summed E-state index contributed by atoms with van der Waals surface area (Å²) in [6, 6.07) is 0. The molecule has 0 aliphatic heterocycles. The lowest BCUT2D eigenvalue weighted by Crippen LogP contribution is -2.66. The van der Waals surface area contributed by atoms with Gasteiger partial charge in [0.05, 0.1) is 54.5 Å². The van der Waals surface area contributed by atoms with Crippen molar-refractivity contribution in [3.05, 3.63) is 18.2 Å². The molecule has 0 aliphatic rings. The molecule has 22 heavy (non-hydrogen) atoms. The molecule has 0 fully saturated rings. The highest BCUT2D eigenvalue weighted by Crippen LogP contribution is 2.27. The fraction of sp³-hybridized carbons (Fsp3) is 0.667. The van der Waals surface area contributed by atoms with Gasteiger partial charge in [0, 0.05) is 18.8 Å². The van der Waals surface area contributed by atoms with Gasteiger partial charge in [-0.25, -0.2) is 14.6 Å². The maximum Gasteiger partial charge on any atom is 0.366 e. The van der Waals surface area contributed by atoms with Gasteiger partial charge >= 0.3 is 11.9 Å². The predicted octanol–water partition coefficient (Wildman–Crippen LogP) is 0.495. The minimum absolute atomic E-state index is 0.0857. The Morgan fingerprint density at radius 1 is 1.27 bits per heavy atom. The quantitative estimate of drug-likeness (QED) is 0.718. The zero-order valence-corrected chi connectivity index (χ0v) is 14.4. The minimum Gasteiger partial charge on any atom is -0.477 e. The molecule has 7 nitrogen and oxygen atoms in total. The van der Waals surface area contributed by atoms with Crippen molar-refractivity contribution in [2.75, 3.05) is 41.8 Å². The van der Waals surface area contributed by atoms with Crippen LogP contribution in [0.3, 0.4) is 0 Å². The molecule has 1 amide bonds. The zero-order chi connectivity index (χ0) is 17.2. The van der Waals surface area contributed by atoms with Crippen LogP contribution in [-0.2, 0) is 16.0 Å². The fourth-order valence-electron chi connectivity index (χ4n) is 2.25. The highest BCUT2D eigenvalue weighted by Gasteiger charge is 2.53. The summed E-state index contributed by atoms with van der Waals surface area (Å²) >= 11 is 0. The van der Waals surface area contributed by atoms with Crippen LogP contribution in [0.1, 0.15) is 19.0 Å². The van der Waals surface area contributed by atoms with E-state index in [4.69, 9.17) is 0 Å². The van der Waals surface area contributed by atoms with Gasteiger partial charge < -0.3 is 14.6 Å². The topological polar surface area (TPSA) is 83.1 Å². The van der Waals surface area contributed by atoms with Gasteiger partial charge in [-0.15, -0.1) is 0 Å². The molecule has 124 valence electrons. The Hall–Kier alpha value is -1.73. The third kappa shape index (κ3) is 3.92. The lowest BCUT2D eigenvalue weighted by Gasteiger charge is -2.41. The number of carbonyl (C=O) groups is 2. The maximum absolute atomic E-state index is 12.7. The molecule has 0 saturated heterocycles. The van der Waals surface area contributed by atoms with Crippen LogP contribution in [0, 0.1) is 0 Å². The number of hydrogen-bond donors (Lipinski definition) is 2. The number of aliphatic carboxylic acids is 1. The van der Waals surface area contributed by atoms with Crippen LogP contribution in [0.5, 0.6) is 0 Å². The summed E-state index contributed by atoms with van der Waals surface area (Å²) in [7, 11) is 9.36. The van der Waals surface area contributed by atoms with Crippen molar-refractivity contribution >= 4 is 11.9 Å². The standard InChI is InChI=1S/C15H26N4O3/c1-15(14(21)22,9-12-10-16-11-17-12)19(5,6)13(20)7-8-18(2,3)4/h10-11H,7-9H2,1-6H3/p+2. The van der Waals surface area contributed by atoms with Gasteiger partial charge in [-0.3, -0.25) is 4.48 Å². The first kappa shape index (κ1) is 18.3. The molecule has 1 aromatic rings. The molecule has 1 rings (SSSR count). The minimum atomic E-state index is -1.26. The zero-order valence-electron chi connectivity index (χ0n) is 14.4. The first-order valence-electron chi connectivity index (χ1n) is 7.29. The van der Waals surface area contributed by atoms with Gasteiger partial charge in [0.1, 0.15) is 6.42 Å². The van der Waals surface area contributed by atoms with Crippen molar-refractivity contribution in [2.45, 2.75) is 25.3 Å². The van der Waals surface area contributed by atoms with Crippen molar-refractivity contribution in [1.29, 1.82) is 0 Å². The van der Waals surface area contributed by atoms with Crippen LogP contribution in [-0.4, -0.2) is 83.2 Å². The maximum atomic E-state index is 12.7. The predicted molar refractivity (Wildman–Crippen MR) is 83.0 cm³/mol. The van der Waals surface area contributed by atoms with Gasteiger partial charge in [-0.2, -0.15) is 0 Å². The molecule has 0 saturated carbocycles. The molecule has 0 aromatic carbocycles. The number of aromatic amines is 1. The van der Waals surface area contributed by atoms with E-state index in [0.29, 0.717) is 23.1 Å². The third-order valence-electron chi connectivity index (χ3n) is 4.40. The SMILES string of the molecule is CC(Cc1cnc[nH]1)(C(=O)O)[N+](C)(C)C(=O)CC[N+](C)(C)C. The second-order valence-electron chi connectivity index (χ2n) is 7.44. The Morgan fingerprint density at radius 2 is 1.86 bits per heavy atom. The molecule has 1 unspecified atom stereocenters. The van der Waals surface area contributed by atoms with Gasteiger partial charge in [0.15, 0.2) is 0 Å². The van der Waals surface area contributed by atoms with Crippen molar-refractivity contribution in [1.82, 2.24) is 9.97 Å². The Morgan fingerprint density at radius 3 is 2.27 bits per heavy atom. The van der Waals surface area contributed by atoms with E-state index in [1.165, 1.54) is 6.33 Å². The second kappa shape index (κ2) is 6.18. The van der Waals surface area contributed by atoms with Crippen molar-refractivity contribution in [3.8, 4) is 0 Å². The summed E-state index contributed by atoms with van der Waals surface area (Å²) in [6.07, 6.45) is 3.65. The summed E-state index contributed by atoms with van der Waals surface area (Å²) in [5, 5.41) is 9.74. The Kier molecular flexibility index (Phi) is 5.14. The molecule has 1 aromatic heterocycles. The first-order chi connectivity index (χ1) is 9.90. The number of H-pyrrole nitrogens is 1. The lowest BCUT2D eigenvalue weighted by molar-refractivity contribution is -0.878. The molecular formula is C15H28N4O3+2. The average molecular weight is 312 g/mol. The fourth-order valence-corrected chi connectivity index (χ4v) is 2.25. The molecule has 1 heterocycles. The average Bonchev–Trinajstić information content (AvgIpc) is 2.86. The number of hydrogen-bond acceptors (Lipinski definition) is 3. The van der Waals surface area contributed by atoms with Crippen molar-refractivity contribution in [3.63, 3.8) is 0 Å². The summed E-state index contributed by atoms with van der Waals surface area (Å²) in [4.78, 5) is 31.4. The van der Waals surface area contributed by atoms with E-state index >= 15 is 0 Å². The Bertz CT molecular complexity index is 531. The van der Waals surface area contributed by atoms with Gasteiger partial charge in [-0.05, 0) is 0 Å². The number of nitrogens with zero attached hydrogens (tertiary/aromatic N) is 3. The van der Waals surface area contributed by atoms with Gasteiger partial charge in [-0.1, -0.05) is 0 Å². The number of carboxylic acid groups (broad SMARTS) is 1. The number of imidazole rings is 1. The Labute approximate surface area is 131 Å². The van der Waals surface area contributed by atoms with E-state index in [2.05, 4.69) is 9.97 Å². The molecule has 0 aliphatic carbocycles. The molecule has 7 heteroatoms. The summed E-state index contributed by atoms with van der Waals surface area (Å²) in [5.74, 6) is -1.08. The molecule has 1 atom stereocenters. The van der Waals surface area contributed by atoms with Crippen LogP contribution in [0.2, 0.25) is 0 Å². The molecule has 0 radical (unpaired) electrons. The first-order valence-corrected chi connectivity index (χ1v) is 7.29. The number of nitrogens with one attached hydrogen (secondary N) is 1. The second-order valence-corrected chi connectivity index (χ2v) is 7.44. The van der Waals surface area contributed by atoms with Gasteiger partial charge in [0.25, 0.3) is 0 Å². The largest absolute Gasteiger partial charge is 0.477 e. The van der Waals surface area contributed by atoms with Crippen LogP contribution in [0.4, 0.5) is 0 Å². The van der Waals surface area contributed by atoms with Crippen molar-refractivity contribution in [2.24, 2.45) is 0 Å². The number of rotatable bonds is 7. The van der Waals surface area contributed by atoms with Crippen LogP contribution >= 0.6 is 0 Å². The normalized spacial score (nSPS) is 15.4. The monoisotopic (exact) mass is 312 g/mol. The van der Waals surface area contributed by atoms with Crippen molar-refractivity contribution < 1.29 is 23.7 Å². The highest BCUT2D eigenvalue weighted by atomic mass is 16.4. The smallest absolute Gasteiger partial charge is 0.366 e. The third-order valence-corrected chi connectivity index (χ3v) is 4.40. The number of carbonyl (C=O) groups excluding carboxylic acids is 1. The summed E-state index contributed by atoms with van der Waals surface area (Å²) in [6.45, 7) is 2.28. The number of aromatic nitrogens is 2. The molecule has 2 N–H and O–H groups in total. The molecular weight excluding hydrogens is 284 g/mol. The molecule has 0 bridgehead atoms. The van der Waals surface area contributed by atoms with E-state index in [0.717, 1.165) is 0 Å². The van der Waals surface area contributed by atoms with E-state index in [9.17, 15) is 14.7 Å². The van der Waals surface area contributed by atoms with Crippen LogP contribution < -0.4 is 0 Å². The Balaban J connectivity index is 3.01. The van der Waals surface area contributed by atoms with E-state index in [-0.39, 0.29) is 16.8 Å². The van der Waals surface area contributed by atoms with E-state index in [1.807, 2.05) is 21.1 Å². The van der Waals surface area contributed by atoms with E-state index in [1.54, 1.807) is 27.2 Å². The number of quaternary nitrogens is 2.